The number of rotatable bonds is 12. The summed E-state index contributed by atoms with van der Waals surface area (Å²) in [5.74, 6) is 1.43. The van der Waals surface area contributed by atoms with E-state index in [9.17, 15) is 4.79 Å². The van der Waals surface area contributed by atoms with E-state index in [1.165, 1.54) is 18.4 Å². The van der Waals surface area contributed by atoms with E-state index in [-0.39, 0.29) is 11.9 Å². The zero-order valence-corrected chi connectivity index (χ0v) is 21.2. The van der Waals surface area contributed by atoms with Crippen LogP contribution >= 0.6 is 0 Å². The largest absolute Gasteiger partial charge is 0.490 e. The fourth-order valence-corrected chi connectivity index (χ4v) is 4.32. The minimum absolute atomic E-state index is 0.128. The number of hydrogen-bond donors (Lipinski definition) is 1. The van der Waals surface area contributed by atoms with Gasteiger partial charge in [-0.3, -0.25) is 9.69 Å². The SMILES string of the molecule is CCOc1cc(C(=O)NC[C@@H](c2ccc(N(C)C)cc2)N2CCCC2)cc(OCC)c1OCC. The summed E-state index contributed by atoms with van der Waals surface area (Å²) in [5, 5.41) is 3.16. The highest BCUT2D eigenvalue weighted by atomic mass is 16.5. The second-order valence-electron chi connectivity index (χ2n) is 8.56. The molecule has 34 heavy (non-hydrogen) atoms. The lowest BCUT2D eigenvalue weighted by molar-refractivity contribution is 0.0936. The first-order chi connectivity index (χ1) is 16.5. The maximum absolute atomic E-state index is 13.2. The number of likely N-dealkylation sites (tertiary alicyclic amines) is 1. The van der Waals surface area contributed by atoms with Crippen molar-refractivity contribution in [3.8, 4) is 17.2 Å². The maximum Gasteiger partial charge on any atom is 0.251 e. The Morgan fingerprint density at radius 1 is 0.941 bits per heavy atom. The van der Waals surface area contributed by atoms with Crippen molar-refractivity contribution in [3.63, 3.8) is 0 Å². The fraction of sp³-hybridized carbons (Fsp3) is 0.519. The first kappa shape index (κ1) is 25.7. The van der Waals surface area contributed by atoms with Crippen molar-refractivity contribution in [2.45, 2.75) is 39.7 Å². The van der Waals surface area contributed by atoms with Crippen molar-refractivity contribution < 1.29 is 19.0 Å². The van der Waals surface area contributed by atoms with Gasteiger partial charge in [-0.2, -0.15) is 0 Å². The first-order valence-electron chi connectivity index (χ1n) is 12.3. The number of nitrogens with one attached hydrogen (secondary N) is 1. The van der Waals surface area contributed by atoms with E-state index < -0.39 is 0 Å². The lowest BCUT2D eigenvalue weighted by atomic mass is 10.0. The average molecular weight is 470 g/mol. The summed E-state index contributed by atoms with van der Waals surface area (Å²) in [6.07, 6.45) is 2.38. The number of hydrogen-bond acceptors (Lipinski definition) is 6. The van der Waals surface area contributed by atoms with E-state index in [0.29, 0.717) is 49.2 Å². The van der Waals surface area contributed by atoms with Crippen LogP contribution in [0.3, 0.4) is 0 Å². The summed E-state index contributed by atoms with van der Waals surface area (Å²) in [7, 11) is 4.08. The highest BCUT2D eigenvalue weighted by molar-refractivity contribution is 5.95. The number of nitrogens with zero attached hydrogens (tertiary/aromatic N) is 2. The highest BCUT2D eigenvalue weighted by Gasteiger charge is 2.25. The van der Waals surface area contributed by atoms with Crippen LogP contribution in [-0.4, -0.2) is 64.4 Å². The summed E-state index contributed by atoms with van der Waals surface area (Å²) in [4.78, 5) is 17.8. The maximum atomic E-state index is 13.2. The molecule has 7 heteroatoms. The molecular weight excluding hydrogens is 430 g/mol. The Morgan fingerprint density at radius 2 is 1.50 bits per heavy atom. The Morgan fingerprint density at radius 3 is 2.00 bits per heavy atom. The Balaban J connectivity index is 1.81. The van der Waals surface area contributed by atoms with Gasteiger partial charge in [0.1, 0.15) is 0 Å². The predicted octanol–water partition coefficient (Wildman–Crippen LogP) is 4.52. The Hall–Kier alpha value is -2.93. The first-order valence-corrected chi connectivity index (χ1v) is 12.3. The molecule has 0 radical (unpaired) electrons. The molecule has 0 bridgehead atoms. The monoisotopic (exact) mass is 469 g/mol. The van der Waals surface area contributed by atoms with Crippen LogP contribution in [0.1, 0.15) is 55.6 Å². The highest BCUT2D eigenvalue weighted by Crippen LogP contribution is 2.39. The molecular formula is C27H39N3O4. The minimum atomic E-state index is -0.154. The van der Waals surface area contributed by atoms with Crippen LogP contribution in [0.25, 0.3) is 0 Å². The van der Waals surface area contributed by atoms with Gasteiger partial charge in [0.15, 0.2) is 11.5 Å². The van der Waals surface area contributed by atoms with Gasteiger partial charge in [0.2, 0.25) is 5.75 Å². The van der Waals surface area contributed by atoms with Crippen LogP contribution < -0.4 is 24.4 Å². The standard InChI is InChI=1S/C27H39N3O4/c1-6-32-24-17-21(18-25(33-7-2)26(24)34-8-3)27(31)28-19-23(30-15-9-10-16-30)20-11-13-22(14-12-20)29(4)5/h11-14,17-18,23H,6-10,15-16,19H2,1-5H3,(H,28,31)/t23-/m0/s1. The third-order valence-electron chi connectivity index (χ3n) is 6.00. The van der Waals surface area contributed by atoms with Gasteiger partial charge >= 0.3 is 0 Å². The van der Waals surface area contributed by atoms with Crippen LogP contribution in [0.5, 0.6) is 17.2 Å². The molecule has 0 spiro atoms. The summed E-state index contributed by atoms with van der Waals surface area (Å²) in [5.41, 5.74) is 2.87. The van der Waals surface area contributed by atoms with E-state index in [2.05, 4.69) is 39.4 Å². The number of amides is 1. The lowest BCUT2D eigenvalue weighted by Crippen LogP contribution is -2.36. The molecule has 1 saturated heterocycles. The van der Waals surface area contributed by atoms with Crippen LogP contribution in [0.4, 0.5) is 5.69 Å². The summed E-state index contributed by atoms with van der Waals surface area (Å²) < 4.78 is 17.3. The van der Waals surface area contributed by atoms with Gasteiger partial charge < -0.3 is 24.4 Å². The molecule has 1 amide bonds. The van der Waals surface area contributed by atoms with Crippen LogP contribution in [0.15, 0.2) is 36.4 Å². The van der Waals surface area contributed by atoms with Gasteiger partial charge in [-0.05, 0) is 76.5 Å². The molecule has 0 saturated carbocycles. The Labute approximate surface area is 204 Å². The molecule has 7 nitrogen and oxygen atoms in total. The van der Waals surface area contributed by atoms with Crippen LogP contribution in [-0.2, 0) is 0 Å². The van der Waals surface area contributed by atoms with E-state index >= 15 is 0 Å². The van der Waals surface area contributed by atoms with Crippen molar-refractivity contribution in [3.05, 3.63) is 47.5 Å². The van der Waals surface area contributed by atoms with Crippen molar-refractivity contribution in [2.24, 2.45) is 0 Å². The zero-order valence-electron chi connectivity index (χ0n) is 21.2. The summed E-state index contributed by atoms with van der Waals surface area (Å²) in [6.45, 7) is 9.76. The number of ether oxygens (including phenoxy) is 3. The zero-order chi connectivity index (χ0) is 24.5. The number of anilines is 1. The molecule has 1 atom stereocenters. The molecule has 2 aromatic rings. The summed E-state index contributed by atoms with van der Waals surface area (Å²) in [6, 6.07) is 12.2. The quantitative estimate of drug-likeness (QED) is 0.493. The average Bonchev–Trinajstić information content (AvgIpc) is 3.36. The van der Waals surface area contributed by atoms with Crippen molar-refractivity contribution in [1.82, 2.24) is 10.2 Å². The van der Waals surface area contributed by atoms with Crippen LogP contribution in [0, 0.1) is 0 Å². The molecule has 3 rings (SSSR count). The molecule has 186 valence electrons. The summed E-state index contributed by atoms with van der Waals surface area (Å²) >= 11 is 0. The molecule has 0 aromatic heterocycles. The Bertz CT molecular complexity index is 897. The smallest absolute Gasteiger partial charge is 0.251 e. The van der Waals surface area contributed by atoms with Gasteiger partial charge in [0.25, 0.3) is 5.91 Å². The van der Waals surface area contributed by atoms with Crippen LogP contribution in [0.2, 0.25) is 0 Å². The molecule has 2 aromatic carbocycles. The third-order valence-corrected chi connectivity index (χ3v) is 6.00. The topological polar surface area (TPSA) is 63.3 Å². The van der Waals surface area contributed by atoms with Crippen molar-refractivity contribution >= 4 is 11.6 Å². The molecule has 1 aliphatic heterocycles. The van der Waals surface area contributed by atoms with Gasteiger partial charge in [-0.15, -0.1) is 0 Å². The van der Waals surface area contributed by atoms with Gasteiger partial charge in [0, 0.05) is 31.9 Å². The van der Waals surface area contributed by atoms with E-state index in [1.807, 2.05) is 34.9 Å². The molecule has 1 heterocycles. The number of benzene rings is 2. The second-order valence-corrected chi connectivity index (χ2v) is 8.56. The third kappa shape index (κ3) is 6.35. The second kappa shape index (κ2) is 12.5. The van der Waals surface area contributed by atoms with Crippen molar-refractivity contribution in [2.75, 3.05) is 58.5 Å². The van der Waals surface area contributed by atoms with Gasteiger partial charge in [-0.1, -0.05) is 12.1 Å². The molecule has 1 aliphatic rings. The van der Waals surface area contributed by atoms with E-state index in [1.54, 1.807) is 12.1 Å². The number of carbonyl (C=O) groups excluding carboxylic acids is 1. The molecule has 1 fully saturated rings. The predicted molar refractivity (Wildman–Crippen MR) is 137 cm³/mol. The minimum Gasteiger partial charge on any atom is -0.490 e. The fourth-order valence-electron chi connectivity index (χ4n) is 4.32. The van der Waals surface area contributed by atoms with Gasteiger partial charge in [-0.25, -0.2) is 0 Å². The molecule has 1 N–H and O–H groups in total. The van der Waals surface area contributed by atoms with Crippen molar-refractivity contribution in [1.29, 1.82) is 0 Å². The normalized spacial score (nSPS) is 14.5. The van der Waals surface area contributed by atoms with Gasteiger partial charge in [0.05, 0.1) is 25.9 Å². The number of carbonyl (C=O) groups is 1. The molecule has 0 aliphatic carbocycles. The lowest BCUT2D eigenvalue weighted by Gasteiger charge is -2.28. The van der Waals surface area contributed by atoms with E-state index in [0.717, 1.165) is 18.8 Å². The Kier molecular flexibility index (Phi) is 9.45. The molecule has 0 unspecified atom stereocenters. The van der Waals surface area contributed by atoms with E-state index in [4.69, 9.17) is 14.2 Å².